The Bertz CT molecular complexity index is 649. The molecule has 0 unspecified atom stereocenters. The van der Waals surface area contributed by atoms with Crippen LogP contribution in [0.5, 0.6) is 0 Å². The lowest BCUT2D eigenvalue weighted by Crippen LogP contribution is -2.17. The van der Waals surface area contributed by atoms with E-state index in [1.807, 2.05) is 24.3 Å². The van der Waals surface area contributed by atoms with Crippen molar-refractivity contribution in [2.45, 2.75) is 21.5 Å². The molecule has 0 aliphatic heterocycles. The van der Waals surface area contributed by atoms with Gasteiger partial charge >= 0.3 is 0 Å². The Morgan fingerprint density at radius 2 is 1.10 bits per heavy atom. The molecule has 0 saturated heterocycles. The summed E-state index contributed by atoms with van der Waals surface area (Å²) in [5, 5.41) is 0. The average molecular weight is 414 g/mol. The molecule has 4 rings (SSSR count). The Morgan fingerprint density at radius 3 is 1.38 bits per heavy atom. The van der Waals surface area contributed by atoms with Gasteiger partial charge in [-0.05, 0) is 48.2 Å². The Balaban J connectivity index is 1.93. The van der Waals surface area contributed by atoms with Gasteiger partial charge in [0.15, 0.2) is 0 Å². The number of alkyl halides is 2. The zero-order chi connectivity index (χ0) is 14.9. The van der Waals surface area contributed by atoms with Gasteiger partial charge in [0.05, 0.1) is 5.41 Å². The third-order valence-electron chi connectivity index (χ3n) is 5.03. The van der Waals surface area contributed by atoms with Gasteiger partial charge in [-0.2, -0.15) is 0 Å². The maximum atomic E-state index is 13.3. The van der Waals surface area contributed by atoms with Crippen molar-refractivity contribution in [3.8, 4) is 0 Å². The smallest absolute Gasteiger partial charge is 0.123 e. The Hall–Kier alpha value is -0.740. The minimum atomic E-state index is -0.276. The van der Waals surface area contributed by atoms with E-state index < -0.39 is 0 Å². The van der Waals surface area contributed by atoms with Crippen molar-refractivity contribution in [2.24, 2.45) is 5.41 Å². The summed E-state index contributed by atoms with van der Waals surface area (Å²) in [6, 6.07) is 13.3. The van der Waals surface area contributed by atoms with Gasteiger partial charge in [0.25, 0.3) is 0 Å². The van der Waals surface area contributed by atoms with Crippen molar-refractivity contribution in [2.75, 3.05) is 0 Å². The highest BCUT2D eigenvalue weighted by molar-refractivity contribution is 9.25. The summed E-state index contributed by atoms with van der Waals surface area (Å²) in [4.78, 5) is 0. The first kappa shape index (κ1) is 13.9. The maximum absolute atomic E-state index is 13.3. The maximum Gasteiger partial charge on any atom is 0.123 e. The van der Waals surface area contributed by atoms with E-state index in [1.54, 1.807) is 0 Å². The zero-order valence-corrected chi connectivity index (χ0v) is 14.2. The van der Waals surface area contributed by atoms with E-state index in [0.717, 1.165) is 24.0 Å². The fraction of sp³-hybridized carbons (Fsp3) is 0.294. The number of benzene rings is 2. The quantitative estimate of drug-likeness (QED) is 0.567. The van der Waals surface area contributed by atoms with Gasteiger partial charge in [0, 0.05) is 5.41 Å². The third kappa shape index (κ3) is 1.53. The number of rotatable bonds is 2. The van der Waals surface area contributed by atoms with Crippen LogP contribution in [0.1, 0.15) is 24.0 Å². The fourth-order valence-corrected chi connectivity index (χ4v) is 6.76. The van der Waals surface area contributed by atoms with Gasteiger partial charge < -0.3 is 0 Å². The van der Waals surface area contributed by atoms with Crippen molar-refractivity contribution in [3.05, 3.63) is 71.3 Å². The predicted octanol–water partition coefficient (Wildman–Crippen LogP) is 5.53. The van der Waals surface area contributed by atoms with Crippen LogP contribution in [0.15, 0.2) is 48.5 Å². The first-order valence-corrected chi connectivity index (χ1v) is 8.44. The lowest BCUT2D eigenvalue weighted by Gasteiger charge is -2.20. The highest BCUT2D eigenvalue weighted by Crippen LogP contribution is 2.92. The summed E-state index contributed by atoms with van der Waals surface area (Å²) in [5.41, 5.74) is 1.93. The molecule has 0 nitrogen and oxygen atoms in total. The molecule has 21 heavy (non-hydrogen) atoms. The molecule has 2 aromatic carbocycles. The Morgan fingerprint density at radius 1 is 0.714 bits per heavy atom. The summed E-state index contributed by atoms with van der Waals surface area (Å²) in [7, 11) is 0. The average Bonchev–Trinajstić information content (AvgIpc) is 3.32. The standard InChI is InChI=1S/C17H12Br2F2/c18-17(19)15(9-10-15)16(17,11-1-5-13(20)6-2-11)12-3-7-14(21)8-4-12/h1-8H,9-10H2. The summed E-state index contributed by atoms with van der Waals surface area (Å²) in [6.45, 7) is 0. The van der Waals surface area contributed by atoms with Crippen LogP contribution in [0, 0.1) is 17.0 Å². The molecule has 4 heteroatoms. The van der Waals surface area contributed by atoms with Crippen molar-refractivity contribution < 1.29 is 8.78 Å². The normalized spacial score (nSPS) is 23.0. The monoisotopic (exact) mass is 412 g/mol. The molecule has 0 atom stereocenters. The zero-order valence-electron chi connectivity index (χ0n) is 11.0. The molecule has 0 N–H and O–H groups in total. The minimum absolute atomic E-state index is 0.0929. The highest BCUT2D eigenvalue weighted by atomic mass is 79.9. The van der Waals surface area contributed by atoms with E-state index in [0.29, 0.717) is 0 Å². The van der Waals surface area contributed by atoms with Crippen LogP contribution in [0.4, 0.5) is 8.78 Å². The van der Waals surface area contributed by atoms with E-state index in [9.17, 15) is 8.78 Å². The molecule has 2 aromatic rings. The van der Waals surface area contributed by atoms with Crippen molar-refractivity contribution in [1.82, 2.24) is 0 Å². The highest BCUT2D eigenvalue weighted by Gasteiger charge is 2.91. The summed E-state index contributed by atoms with van der Waals surface area (Å²) in [6.07, 6.45) is 2.19. The molecule has 2 saturated carbocycles. The fourth-order valence-electron chi connectivity index (χ4n) is 3.90. The van der Waals surface area contributed by atoms with Crippen molar-refractivity contribution in [3.63, 3.8) is 0 Å². The second kappa shape index (κ2) is 4.17. The SMILES string of the molecule is Fc1ccc(C2(c3ccc(F)cc3)C(Br)(Br)C23CC3)cc1. The van der Waals surface area contributed by atoms with E-state index in [-0.39, 0.29) is 25.7 Å². The molecule has 0 bridgehead atoms. The van der Waals surface area contributed by atoms with Gasteiger partial charge in [-0.1, -0.05) is 56.1 Å². The van der Waals surface area contributed by atoms with Gasteiger partial charge in [-0.15, -0.1) is 0 Å². The molecule has 0 amide bonds. The van der Waals surface area contributed by atoms with Crippen LogP contribution < -0.4 is 0 Å². The number of hydrogen-bond acceptors (Lipinski definition) is 0. The Kier molecular flexibility index (Phi) is 2.76. The van der Waals surface area contributed by atoms with Crippen LogP contribution in [0.3, 0.4) is 0 Å². The number of halogens is 4. The first-order valence-electron chi connectivity index (χ1n) is 6.86. The van der Waals surface area contributed by atoms with Gasteiger partial charge in [0.1, 0.15) is 14.9 Å². The topological polar surface area (TPSA) is 0 Å². The third-order valence-corrected chi connectivity index (χ3v) is 7.74. The molecule has 0 radical (unpaired) electrons. The van der Waals surface area contributed by atoms with Crippen LogP contribution in [-0.4, -0.2) is 3.23 Å². The molecule has 2 aliphatic rings. The largest absolute Gasteiger partial charge is 0.207 e. The molecular formula is C17H12Br2F2. The second-order valence-electron chi connectivity index (χ2n) is 5.92. The molecular weight excluding hydrogens is 402 g/mol. The van der Waals surface area contributed by atoms with Gasteiger partial charge in [0.2, 0.25) is 0 Å². The van der Waals surface area contributed by atoms with E-state index >= 15 is 0 Å². The van der Waals surface area contributed by atoms with Crippen LogP contribution in [-0.2, 0) is 5.41 Å². The number of hydrogen-bond donors (Lipinski definition) is 0. The van der Waals surface area contributed by atoms with Crippen molar-refractivity contribution >= 4 is 31.9 Å². The van der Waals surface area contributed by atoms with Gasteiger partial charge in [-0.25, -0.2) is 8.78 Å². The van der Waals surface area contributed by atoms with Crippen molar-refractivity contribution in [1.29, 1.82) is 0 Å². The van der Waals surface area contributed by atoms with E-state index in [4.69, 9.17) is 0 Å². The second-order valence-corrected chi connectivity index (χ2v) is 9.36. The minimum Gasteiger partial charge on any atom is -0.207 e. The van der Waals surface area contributed by atoms with Crippen LogP contribution in [0.25, 0.3) is 0 Å². The van der Waals surface area contributed by atoms with Gasteiger partial charge in [-0.3, -0.25) is 0 Å². The molecule has 2 aliphatic carbocycles. The first-order chi connectivity index (χ1) is 9.96. The molecule has 108 valence electrons. The summed E-state index contributed by atoms with van der Waals surface area (Å²) >= 11 is 7.67. The lowest BCUT2D eigenvalue weighted by atomic mass is 9.85. The predicted molar refractivity (Wildman–Crippen MR) is 85.8 cm³/mol. The summed E-state index contributed by atoms with van der Waals surface area (Å²) < 4.78 is 26.3. The summed E-state index contributed by atoms with van der Waals surface area (Å²) in [5.74, 6) is -0.485. The molecule has 0 heterocycles. The Labute approximate surface area is 138 Å². The van der Waals surface area contributed by atoms with E-state index in [2.05, 4.69) is 31.9 Å². The van der Waals surface area contributed by atoms with Crippen LogP contribution >= 0.6 is 31.9 Å². The molecule has 2 fully saturated rings. The molecule has 1 spiro atoms. The van der Waals surface area contributed by atoms with Crippen LogP contribution in [0.2, 0.25) is 0 Å². The lowest BCUT2D eigenvalue weighted by molar-refractivity contribution is 0.620. The molecule has 0 aromatic heterocycles. The van der Waals surface area contributed by atoms with E-state index in [1.165, 1.54) is 24.3 Å².